The number of benzene rings is 1. The highest BCUT2D eigenvalue weighted by atomic mass is 19.1. The van der Waals surface area contributed by atoms with Gasteiger partial charge in [0.05, 0.1) is 11.7 Å². The summed E-state index contributed by atoms with van der Waals surface area (Å²) in [5.41, 5.74) is 7.91. The Morgan fingerprint density at radius 1 is 1.40 bits per heavy atom. The molecule has 1 amide bonds. The van der Waals surface area contributed by atoms with Gasteiger partial charge in [0.25, 0.3) is 0 Å². The zero-order valence-corrected chi connectivity index (χ0v) is 11.3. The van der Waals surface area contributed by atoms with Gasteiger partial charge in [-0.1, -0.05) is 0 Å². The molecule has 1 unspecified atom stereocenters. The van der Waals surface area contributed by atoms with Crippen molar-refractivity contribution in [2.24, 2.45) is 5.73 Å². The number of amides is 1. The number of nitrogens with one attached hydrogen (secondary N) is 1. The highest BCUT2D eigenvalue weighted by Gasteiger charge is 2.36. The molecule has 2 aliphatic carbocycles. The van der Waals surface area contributed by atoms with Gasteiger partial charge in [0, 0.05) is 12.5 Å². The maximum absolute atomic E-state index is 14.3. The van der Waals surface area contributed by atoms with Crippen LogP contribution in [0.2, 0.25) is 0 Å². The number of nitrogens with two attached hydrogens (primary N) is 1. The first-order valence-corrected chi connectivity index (χ1v) is 6.91. The van der Waals surface area contributed by atoms with Gasteiger partial charge >= 0.3 is 0 Å². The zero-order valence-electron chi connectivity index (χ0n) is 11.3. The molecule has 3 rings (SSSR count). The van der Waals surface area contributed by atoms with Crippen molar-refractivity contribution in [2.45, 2.75) is 44.6 Å². The average molecular weight is 276 g/mol. The van der Waals surface area contributed by atoms with Crippen molar-refractivity contribution >= 4 is 17.4 Å². The molecular weight excluding hydrogens is 259 g/mol. The molecule has 3 N–H and O–H groups in total. The summed E-state index contributed by atoms with van der Waals surface area (Å²) < 4.78 is 14.3. The van der Waals surface area contributed by atoms with E-state index in [1.165, 1.54) is 13.0 Å². The summed E-state index contributed by atoms with van der Waals surface area (Å²) in [6, 6.07) is 0.705. The fraction of sp³-hybridized carbons (Fsp3) is 0.467. The van der Waals surface area contributed by atoms with Crippen molar-refractivity contribution in [3.05, 3.63) is 28.6 Å². The summed E-state index contributed by atoms with van der Waals surface area (Å²) in [6.07, 6.45) is 3.05. The third-order valence-electron chi connectivity index (χ3n) is 4.01. The van der Waals surface area contributed by atoms with Crippen LogP contribution in [0.25, 0.3) is 0 Å². The number of Topliss-reactive ketones (excluding diaryl/α,β-unsaturated/α-hetero) is 1. The first-order valence-electron chi connectivity index (χ1n) is 6.91. The maximum Gasteiger partial charge on any atom is 0.221 e. The number of halogens is 1. The van der Waals surface area contributed by atoms with Crippen LogP contribution in [0.15, 0.2) is 6.07 Å². The Labute approximate surface area is 116 Å². The van der Waals surface area contributed by atoms with Crippen molar-refractivity contribution in [1.29, 1.82) is 0 Å². The predicted octanol–water partition coefficient (Wildman–Crippen LogP) is 2.12. The largest absolute Gasteiger partial charge is 0.326 e. The Morgan fingerprint density at radius 3 is 2.70 bits per heavy atom. The van der Waals surface area contributed by atoms with E-state index in [1.54, 1.807) is 0 Å². The topological polar surface area (TPSA) is 72.2 Å². The van der Waals surface area contributed by atoms with Crippen LogP contribution in [0.4, 0.5) is 10.1 Å². The third-order valence-corrected chi connectivity index (χ3v) is 4.01. The van der Waals surface area contributed by atoms with Crippen LogP contribution in [0.5, 0.6) is 0 Å². The highest BCUT2D eigenvalue weighted by Crippen LogP contribution is 2.46. The van der Waals surface area contributed by atoms with E-state index < -0.39 is 6.04 Å². The summed E-state index contributed by atoms with van der Waals surface area (Å²) in [4.78, 5) is 23.6. The normalized spacial score (nSPS) is 21.6. The summed E-state index contributed by atoms with van der Waals surface area (Å²) >= 11 is 0. The minimum atomic E-state index is -0.562. The molecule has 2 aliphatic rings. The fourth-order valence-corrected chi connectivity index (χ4v) is 2.98. The van der Waals surface area contributed by atoms with Gasteiger partial charge in [0.2, 0.25) is 5.91 Å². The first-order chi connectivity index (χ1) is 9.49. The number of hydrogen-bond donors (Lipinski definition) is 2. The van der Waals surface area contributed by atoms with E-state index in [1.807, 2.05) is 0 Å². The van der Waals surface area contributed by atoms with Crippen LogP contribution < -0.4 is 11.1 Å². The molecule has 0 aromatic heterocycles. The number of carbonyl (C=O) groups is 2. The number of carbonyl (C=O) groups excluding carboxylic acids is 2. The number of anilines is 1. The van der Waals surface area contributed by atoms with E-state index in [4.69, 9.17) is 5.73 Å². The second-order valence-electron chi connectivity index (χ2n) is 5.64. The van der Waals surface area contributed by atoms with Crippen LogP contribution in [0.3, 0.4) is 0 Å². The lowest BCUT2D eigenvalue weighted by atomic mass is 9.82. The quantitative estimate of drug-likeness (QED) is 0.869. The van der Waals surface area contributed by atoms with E-state index >= 15 is 0 Å². The standard InChI is InChI=1S/C15H17FN2O2/c1-7(19)18-12-6-10(16)13(8-2-3-8)9-4-5-11(17)15(20)14(9)12/h6,8,11H,2-5,17H2,1H3,(H,18,19). The Balaban J connectivity index is 2.19. The highest BCUT2D eigenvalue weighted by molar-refractivity contribution is 6.09. The molecule has 0 spiro atoms. The van der Waals surface area contributed by atoms with Crippen LogP contribution in [0.1, 0.15) is 53.6 Å². The lowest BCUT2D eigenvalue weighted by Crippen LogP contribution is -2.36. The van der Waals surface area contributed by atoms with E-state index in [0.717, 1.165) is 18.4 Å². The van der Waals surface area contributed by atoms with Gasteiger partial charge in [-0.3, -0.25) is 9.59 Å². The summed E-state index contributed by atoms with van der Waals surface area (Å²) in [6.45, 7) is 1.34. The molecule has 4 nitrogen and oxygen atoms in total. The Morgan fingerprint density at radius 2 is 2.10 bits per heavy atom. The molecule has 106 valence electrons. The Kier molecular flexibility index (Phi) is 3.09. The molecule has 0 bridgehead atoms. The smallest absolute Gasteiger partial charge is 0.221 e. The van der Waals surface area contributed by atoms with Crippen molar-refractivity contribution in [1.82, 2.24) is 0 Å². The fourth-order valence-electron chi connectivity index (χ4n) is 2.98. The molecule has 1 fully saturated rings. The van der Waals surface area contributed by atoms with Gasteiger partial charge in [-0.15, -0.1) is 0 Å². The number of hydrogen-bond acceptors (Lipinski definition) is 3. The minimum absolute atomic E-state index is 0.197. The van der Waals surface area contributed by atoms with E-state index in [0.29, 0.717) is 24.0 Å². The number of ketones is 1. The van der Waals surface area contributed by atoms with Gasteiger partial charge in [-0.25, -0.2) is 4.39 Å². The monoisotopic (exact) mass is 276 g/mol. The predicted molar refractivity (Wildman–Crippen MR) is 73.3 cm³/mol. The molecule has 5 heteroatoms. The van der Waals surface area contributed by atoms with Crippen LogP contribution >= 0.6 is 0 Å². The van der Waals surface area contributed by atoms with E-state index in [-0.39, 0.29) is 29.1 Å². The Hall–Kier alpha value is -1.75. The van der Waals surface area contributed by atoms with Gasteiger partial charge in [0.1, 0.15) is 5.82 Å². The molecule has 1 aromatic rings. The molecule has 0 aliphatic heterocycles. The van der Waals surface area contributed by atoms with Crippen molar-refractivity contribution in [3.63, 3.8) is 0 Å². The lowest BCUT2D eigenvalue weighted by molar-refractivity contribution is -0.114. The molecule has 0 heterocycles. The summed E-state index contributed by atoms with van der Waals surface area (Å²) in [5.74, 6) is -0.620. The molecule has 1 saturated carbocycles. The first kappa shape index (κ1) is 13.2. The maximum atomic E-state index is 14.3. The Bertz CT molecular complexity index is 608. The molecule has 1 atom stereocenters. The molecular formula is C15H17FN2O2. The summed E-state index contributed by atoms with van der Waals surface area (Å²) in [7, 11) is 0. The van der Waals surface area contributed by atoms with Crippen molar-refractivity contribution < 1.29 is 14.0 Å². The van der Waals surface area contributed by atoms with Gasteiger partial charge in [-0.2, -0.15) is 0 Å². The molecule has 1 aromatic carbocycles. The van der Waals surface area contributed by atoms with E-state index in [2.05, 4.69) is 5.32 Å². The van der Waals surface area contributed by atoms with Crippen molar-refractivity contribution in [3.8, 4) is 0 Å². The van der Waals surface area contributed by atoms with Crippen LogP contribution in [-0.4, -0.2) is 17.7 Å². The zero-order chi connectivity index (χ0) is 14.4. The molecule has 0 saturated heterocycles. The molecule has 20 heavy (non-hydrogen) atoms. The number of fused-ring (bicyclic) bond motifs is 1. The second kappa shape index (κ2) is 4.66. The van der Waals surface area contributed by atoms with E-state index in [9.17, 15) is 14.0 Å². The second-order valence-corrected chi connectivity index (χ2v) is 5.64. The van der Waals surface area contributed by atoms with Gasteiger partial charge < -0.3 is 11.1 Å². The van der Waals surface area contributed by atoms with Gasteiger partial charge in [0.15, 0.2) is 5.78 Å². The SMILES string of the molecule is CC(=O)Nc1cc(F)c(C2CC2)c2c1C(=O)C(N)CC2. The summed E-state index contributed by atoms with van der Waals surface area (Å²) in [5, 5.41) is 2.56. The van der Waals surface area contributed by atoms with Crippen molar-refractivity contribution in [2.75, 3.05) is 5.32 Å². The number of rotatable bonds is 2. The molecule has 0 radical (unpaired) electrons. The third kappa shape index (κ3) is 2.12. The van der Waals surface area contributed by atoms with Crippen LogP contribution in [-0.2, 0) is 11.2 Å². The lowest BCUT2D eigenvalue weighted by Gasteiger charge is -2.25. The van der Waals surface area contributed by atoms with Crippen LogP contribution in [0, 0.1) is 5.82 Å². The van der Waals surface area contributed by atoms with Gasteiger partial charge in [-0.05, 0) is 48.8 Å². The average Bonchev–Trinajstić information content (AvgIpc) is 3.17. The minimum Gasteiger partial charge on any atom is -0.326 e.